The highest BCUT2D eigenvalue weighted by Crippen LogP contribution is 2.32. The van der Waals surface area contributed by atoms with Crippen molar-refractivity contribution >= 4 is 5.97 Å². The molecule has 0 amide bonds. The van der Waals surface area contributed by atoms with Gasteiger partial charge in [0.05, 0.1) is 0 Å². The van der Waals surface area contributed by atoms with Gasteiger partial charge in [-0.3, -0.25) is 4.79 Å². The highest BCUT2D eigenvalue weighted by molar-refractivity contribution is 5.67. The van der Waals surface area contributed by atoms with Gasteiger partial charge in [0, 0.05) is 6.42 Å². The molecule has 0 radical (unpaired) electrons. The minimum Gasteiger partial charge on any atom is -0.508 e. The van der Waals surface area contributed by atoms with Crippen LogP contribution >= 0.6 is 0 Å². The molecule has 0 fully saturated rings. The zero-order chi connectivity index (χ0) is 11.6. The molecule has 1 aromatic rings. The average molecular weight is 210 g/mol. The summed E-state index contributed by atoms with van der Waals surface area (Å²) in [5.74, 6) is -0.760. The van der Waals surface area contributed by atoms with E-state index in [1.54, 1.807) is 13.8 Å². The van der Waals surface area contributed by atoms with E-state index in [1.165, 1.54) is 6.07 Å². The number of benzene rings is 1. The SMILES string of the molecule is Cc1c(O)cc(CCC(=O)O)c(O)c1C. The molecule has 1 rings (SSSR count). The molecule has 15 heavy (non-hydrogen) atoms. The van der Waals surface area contributed by atoms with Crippen molar-refractivity contribution in [2.24, 2.45) is 0 Å². The van der Waals surface area contributed by atoms with Crippen molar-refractivity contribution in [1.82, 2.24) is 0 Å². The van der Waals surface area contributed by atoms with Gasteiger partial charge in [-0.25, -0.2) is 0 Å². The highest BCUT2D eigenvalue weighted by Gasteiger charge is 2.11. The first-order chi connectivity index (χ1) is 6.93. The largest absolute Gasteiger partial charge is 0.508 e. The number of carboxylic acids is 1. The predicted molar refractivity (Wildman–Crippen MR) is 55.2 cm³/mol. The Balaban J connectivity index is 3.04. The summed E-state index contributed by atoms with van der Waals surface area (Å²) in [6.45, 7) is 3.39. The van der Waals surface area contributed by atoms with E-state index in [2.05, 4.69) is 0 Å². The molecule has 0 aromatic heterocycles. The molecule has 3 N–H and O–H groups in total. The third-order valence-electron chi connectivity index (χ3n) is 2.53. The van der Waals surface area contributed by atoms with E-state index >= 15 is 0 Å². The Morgan fingerprint density at radius 1 is 1.27 bits per heavy atom. The Morgan fingerprint density at radius 2 is 1.87 bits per heavy atom. The summed E-state index contributed by atoms with van der Waals surface area (Å²) in [6.07, 6.45) is 0.158. The smallest absolute Gasteiger partial charge is 0.303 e. The lowest BCUT2D eigenvalue weighted by Gasteiger charge is -2.10. The molecule has 0 aliphatic rings. The molecule has 0 bridgehead atoms. The van der Waals surface area contributed by atoms with E-state index in [0.29, 0.717) is 16.7 Å². The molecule has 4 nitrogen and oxygen atoms in total. The maximum atomic E-state index is 10.4. The number of carbonyl (C=O) groups is 1. The number of hydrogen-bond donors (Lipinski definition) is 3. The molecule has 0 aliphatic heterocycles. The molecule has 0 saturated heterocycles. The lowest BCUT2D eigenvalue weighted by atomic mass is 10.00. The van der Waals surface area contributed by atoms with Gasteiger partial charge >= 0.3 is 5.97 Å². The van der Waals surface area contributed by atoms with Crippen molar-refractivity contribution in [3.05, 3.63) is 22.8 Å². The van der Waals surface area contributed by atoms with Crippen molar-refractivity contribution in [2.75, 3.05) is 0 Å². The van der Waals surface area contributed by atoms with Crippen LogP contribution in [0.15, 0.2) is 6.07 Å². The van der Waals surface area contributed by atoms with Gasteiger partial charge in [-0.15, -0.1) is 0 Å². The maximum Gasteiger partial charge on any atom is 0.303 e. The zero-order valence-corrected chi connectivity index (χ0v) is 8.74. The van der Waals surface area contributed by atoms with Gasteiger partial charge in [0.1, 0.15) is 11.5 Å². The van der Waals surface area contributed by atoms with E-state index in [1.807, 2.05) is 0 Å². The molecular formula is C11H14O4. The Kier molecular flexibility index (Phi) is 3.19. The fourth-order valence-electron chi connectivity index (χ4n) is 1.38. The Hall–Kier alpha value is -1.71. The number of carboxylic acid groups (broad SMARTS) is 1. The van der Waals surface area contributed by atoms with Crippen LogP contribution < -0.4 is 0 Å². The number of aromatic hydroxyl groups is 2. The second-order valence-corrected chi connectivity index (χ2v) is 3.55. The monoisotopic (exact) mass is 210 g/mol. The Bertz CT molecular complexity index is 396. The third kappa shape index (κ3) is 2.40. The van der Waals surface area contributed by atoms with Crippen molar-refractivity contribution in [3.63, 3.8) is 0 Å². The molecule has 0 unspecified atom stereocenters. The van der Waals surface area contributed by atoms with Gasteiger partial charge in [-0.2, -0.15) is 0 Å². The van der Waals surface area contributed by atoms with E-state index in [-0.39, 0.29) is 24.3 Å². The van der Waals surface area contributed by atoms with Crippen LogP contribution in [0.25, 0.3) is 0 Å². The first-order valence-corrected chi connectivity index (χ1v) is 4.66. The number of aliphatic carboxylic acids is 1. The summed E-state index contributed by atoms with van der Waals surface area (Å²) in [5, 5.41) is 27.7. The topological polar surface area (TPSA) is 77.8 Å². The minimum absolute atomic E-state index is 0.0600. The standard InChI is InChI=1S/C11H14O4/c1-6-7(2)11(15)8(5-9(6)12)3-4-10(13)14/h5,12,15H,3-4H2,1-2H3,(H,13,14). The quantitative estimate of drug-likeness (QED) is 0.664. The third-order valence-corrected chi connectivity index (χ3v) is 2.53. The van der Waals surface area contributed by atoms with Gasteiger partial charge in [0.2, 0.25) is 0 Å². The first kappa shape index (κ1) is 11.4. The maximum absolute atomic E-state index is 10.4. The molecule has 1 aromatic carbocycles. The molecule has 0 saturated carbocycles. The molecule has 0 spiro atoms. The first-order valence-electron chi connectivity index (χ1n) is 4.66. The van der Waals surface area contributed by atoms with Crippen LogP contribution in [0.4, 0.5) is 0 Å². The lowest BCUT2D eigenvalue weighted by molar-refractivity contribution is -0.136. The summed E-state index contributed by atoms with van der Waals surface area (Å²) in [6, 6.07) is 1.42. The van der Waals surface area contributed by atoms with Gasteiger partial charge in [0.25, 0.3) is 0 Å². The summed E-state index contributed by atoms with van der Waals surface area (Å²) in [7, 11) is 0. The molecular weight excluding hydrogens is 196 g/mol. The normalized spacial score (nSPS) is 10.3. The fourth-order valence-corrected chi connectivity index (χ4v) is 1.38. The van der Waals surface area contributed by atoms with Crippen LogP contribution in [0.3, 0.4) is 0 Å². The van der Waals surface area contributed by atoms with Crippen LogP contribution in [0, 0.1) is 13.8 Å². The van der Waals surface area contributed by atoms with Crippen LogP contribution in [-0.4, -0.2) is 21.3 Å². The van der Waals surface area contributed by atoms with E-state index in [4.69, 9.17) is 5.11 Å². The predicted octanol–water partition coefficient (Wildman–Crippen LogP) is 1.73. The molecule has 82 valence electrons. The summed E-state index contributed by atoms with van der Waals surface area (Å²) in [5.41, 5.74) is 1.68. The van der Waals surface area contributed by atoms with Crippen LogP contribution in [-0.2, 0) is 11.2 Å². The van der Waals surface area contributed by atoms with E-state index < -0.39 is 5.97 Å². The summed E-state index contributed by atoms with van der Waals surface area (Å²) < 4.78 is 0. The number of phenolic OH excluding ortho intramolecular Hbond substituents is 2. The fraction of sp³-hybridized carbons (Fsp3) is 0.364. The number of phenols is 2. The number of rotatable bonds is 3. The van der Waals surface area contributed by atoms with Crippen LogP contribution in [0.2, 0.25) is 0 Å². The van der Waals surface area contributed by atoms with Crippen LogP contribution in [0.5, 0.6) is 11.5 Å². The van der Waals surface area contributed by atoms with Crippen molar-refractivity contribution in [3.8, 4) is 11.5 Å². The summed E-state index contributed by atoms with van der Waals surface area (Å²) >= 11 is 0. The van der Waals surface area contributed by atoms with Gasteiger partial charge in [0.15, 0.2) is 0 Å². The van der Waals surface area contributed by atoms with Gasteiger partial charge in [-0.1, -0.05) is 0 Å². The minimum atomic E-state index is -0.924. The van der Waals surface area contributed by atoms with E-state index in [9.17, 15) is 15.0 Å². The van der Waals surface area contributed by atoms with Gasteiger partial charge < -0.3 is 15.3 Å². The molecule has 4 heteroatoms. The van der Waals surface area contributed by atoms with E-state index in [0.717, 1.165) is 0 Å². The molecule has 0 heterocycles. The summed E-state index contributed by atoms with van der Waals surface area (Å²) in [4.78, 5) is 10.4. The van der Waals surface area contributed by atoms with Crippen molar-refractivity contribution < 1.29 is 20.1 Å². The zero-order valence-electron chi connectivity index (χ0n) is 8.74. The molecule has 0 atom stereocenters. The van der Waals surface area contributed by atoms with Crippen molar-refractivity contribution in [1.29, 1.82) is 0 Å². The van der Waals surface area contributed by atoms with Crippen molar-refractivity contribution in [2.45, 2.75) is 26.7 Å². The number of aryl methyl sites for hydroxylation is 1. The Labute approximate surface area is 87.8 Å². The average Bonchev–Trinajstić information content (AvgIpc) is 2.18. The highest BCUT2D eigenvalue weighted by atomic mass is 16.4. The number of hydrogen-bond acceptors (Lipinski definition) is 3. The van der Waals surface area contributed by atoms with Crippen LogP contribution in [0.1, 0.15) is 23.1 Å². The molecule has 0 aliphatic carbocycles. The van der Waals surface area contributed by atoms with Gasteiger partial charge in [-0.05, 0) is 43.0 Å². The second-order valence-electron chi connectivity index (χ2n) is 3.55. The second kappa shape index (κ2) is 4.21. The lowest BCUT2D eigenvalue weighted by Crippen LogP contribution is -1.99. The Morgan fingerprint density at radius 3 is 2.40 bits per heavy atom.